The van der Waals surface area contributed by atoms with Crippen molar-refractivity contribution in [3.8, 4) is 11.3 Å². The summed E-state index contributed by atoms with van der Waals surface area (Å²) in [6.45, 7) is 4.11. The zero-order valence-electron chi connectivity index (χ0n) is 25.5. The van der Waals surface area contributed by atoms with Crippen LogP contribution in [0.3, 0.4) is 0 Å². The molecule has 5 aromatic rings. The molecule has 0 fully saturated rings. The molecular formula is C32H31Cl2N5O8. The van der Waals surface area contributed by atoms with E-state index in [2.05, 4.69) is 19.8 Å². The van der Waals surface area contributed by atoms with Crippen LogP contribution in [0.1, 0.15) is 51.5 Å². The summed E-state index contributed by atoms with van der Waals surface area (Å²) in [5.41, 5.74) is 7.76. The van der Waals surface area contributed by atoms with Crippen molar-refractivity contribution in [1.82, 2.24) is 19.6 Å². The number of aromatic nitrogens is 4. The summed E-state index contributed by atoms with van der Waals surface area (Å²) in [4.78, 5) is 64.1. The molecule has 0 spiro atoms. The van der Waals surface area contributed by atoms with Gasteiger partial charge in [-0.2, -0.15) is 0 Å². The standard InChI is InChI=1S/C15H12ClN3O3.C10H9ClO3.C7H10N2O2/c1-2-22-15(21)12-7-13-17-11(8-14(20)19(13)18-12)9-3-5-10(16)6-4-9;1-14-10(13)6-9(12)7-2-4-8(11)5-3-7;1-2-11-7(10)5-3-6(8)9-4-5/h3-8,18H,2H2,1H3;2-5H,6H2,1H3;3-4,9H,2,8H2,1H3. The van der Waals surface area contributed by atoms with Crippen LogP contribution < -0.4 is 11.3 Å². The minimum absolute atomic E-state index is 0.180. The Morgan fingerprint density at radius 2 is 1.45 bits per heavy atom. The fourth-order valence-electron chi connectivity index (χ4n) is 3.76. The number of Topliss-reactive ketones (excluding diaryl/α,β-unsaturated/α-hetero) is 1. The Hall–Kier alpha value is -5.40. The van der Waals surface area contributed by atoms with Crippen LogP contribution in [0.2, 0.25) is 10.0 Å². The zero-order chi connectivity index (χ0) is 34.5. The number of hydrogen-bond donors (Lipinski definition) is 3. The number of benzene rings is 2. The third-order valence-electron chi connectivity index (χ3n) is 6.00. The van der Waals surface area contributed by atoms with Crippen molar-refractivity contribution >= 4 is 58.4 Å². The van der Waals surface area contributed by atoms with Gasteiger partial charge in [0.15, 0.2) is 11.4 Å². The van der Waals surface area contributed by atoms with E-state index in [4.69, 9.17) is 38.4 Å². The number of fused-ring (bicyclic) bond motifs is 1. The highest BCUT2D eigenvalue weighted by Gasteiger charge is 2.14. The van der Waals surface area contributed by atoms with Crippen molar-refractivity contribution < 1.29 is 33.4 Å². The van der Waals surface area contributed by atoms with Crippen LogP contribution in [0.25, 0.3) is 16.9 Å². The van der Waals surface area contributed by atoms with E-state index >= 15 is 0 Å². The summed E-state index contributed by atoms with van der Waals surface area (Å²) in [5, 5.41) is 3.84. The second kappa shape index (κ2) is 17.3. The Morgan fingerprint density at radius 3 is 2.00 bits per heavy atom. The van der Waals surface area contributed by atoms with Crippen molar-refractivity contribution in [3.05, 3.63) is 110 Å². The molecule has 0 bridgehead atoms. The molecule has 4 N–H and O–H groups in total. The van der Waals surface area contributed by atoms with Gasteiger partial charge in [-0.15, -0.1) is 0 Å². The number of halogens is 2. The normalized spacial score (nSPS) is 10.1. The largest absolute Gasteiger partial charge is 0.469 e. The second-order valence-corrected chi connectivity index (χ2v) is 10.2. The van der Waals surface area contributed by atoms with Crippen molar-refractivity contribution in [2.24, 2.45) is 0 Å². The molecule has 3 heterocycles. The third kappa shape index (κ3) is 10.6. The highest BCUT2D eigenvalue weighted by atomic mass is 35.5. The maximum atomic E-state index is 12.1. The minimum Gasteiger partial charge on any atom is -0.469 e. The number of rotatable bonds is 8. The number of nitrogens with two attached hydrogens (primary N) is 1. The van der Waals surface area contributed by atoms with Crippen LogP contribution in [0, 0.1) is 0 Å². The lowest BCUT2D eigenvalue weighted by molar-refractivity contribution is -0.139. The molecule has 15 heteroatoms. The van der Waals surface area contributed by atoms with Gasteiger partial charge >= 0.3 is 17.9 Å². The second-order valence-electron chi connectivity index (χ2n) is 9.32. The van der Waals surface area contributed by atoms with Crippen LogP contribution in [-0.4, -0.2) is 63.6 Å². The first kappa shape index (κ1) is 36.1. The van der Waals surface area contributed by atoms with Crippen LogP contribution in [0.5, 0.6) is 0 Å². The summed E-state index contributed by atoms with van der Waals surface area (Å²) in [6, 6.07) is 17.8. The fourth-order valence-corrected chi connectivity index (χ4v) is 4.01. The van der Waals surface area contributed by atoms with Gasteiger partial charge in [0, 0.05) is 39.5 Å². The number of anilines is 1. The number of ketones is 1. The molecule has 13 nitrogen and oxygen atoms in total. The first-order chi connectivity index (χ1) is 22.4. The first-order valence-electron chi connectivity index (χ1n) is 14.0. The smallest absolute Gasteiger partial charge is 0.356 e. The molecule has 0 radical (unpaired) electrons. The monoisotopic (exact) mass is 683 g/mol. The number of carbonyl (C=O) groups excluding carboxylic acids is 4. The summed E-state index contributed by atoms with van der Waals surface area (Å²) in [7, 11) is 1.25. The number of H-pyrrole nitrogens is 2. The average molecular weight is 685 g/mol. The van der Waals surface area contributed by atoms with E-state index in [1.54, 1.807) is 62.4 Å². The number of ether oxygens (including phenoxy) is 3. The number of aromatic amines is 2. The SMILES string of the molecule is CCOC(=O)c1c[nH]c(N)c1.CCOC(=O)c1cc2nc(-c3ccc(Cl)cc3)cc(=O)n2[nH]1.COC(=O)CC(=O)c1ccc(Cl)cc1. The van der Waals surface area contributed by atoms with Gasteiger partial charge in [-0.3, -0.25) is 19.5 Å². The van der Waals surface area contributed by atoms with Gasteiger partial charge < -0.3 is 24.9 Å². The van der Waals surface area contributed by atoms with Gasteiger partial charge in [-0.25, -0.2) is 19.1 Å². The van der Waals surface area contributed by atoms with Gasteiger partial charge in [-0.1, -0.05) is 35.3 Å². The number of nitrogen functional groups attached to an aromatic ring is 1. The van der Waals surface area contributed by atoms with E-state index in [0.29, 0.717) is 44.9 Å². The lowest BCUT2D eigenvalue weighted by atomic mass is 10.1. The average Bonchev–Trinajstić information content (AvgIpc) is 3.69. The Morgan fingerprint density at radius 1 is 0.851 bits per heavy atom. The van der Waals surface area contributed by atoms with Gasteiger partial charge in [-0.05, 0) is 56.3 Å². The fraction of sp³-hybridized carbons (Fsp3) is 0.188. The lowest BCUT2D eigenvalue weighted by Crippen LogP contribution is -2.15. The van der Waals surface area contributed by atoms with Gasteiger partial charge in [0.1, 0.15) is 17.9 Å². The van der Waals surface area contributed by atoms with Crippen LogP contribution in [0.4, 0.5) is 5.82 Å². The topological polar surface area (TPSA) is 188 Å². The van der Waals surface area contributed by atoms with E-state index < -0.39 is 11.9 Å². The molecule has 3 aromatic heterocycles. The van der Waals surface area contributed by atoms with Crippen LogP contribution in [-0.2, 0) is 19.0 Å². The molecular weight excluding hydrogens is 653 g/mol. The highest BCUT2D eigenvalue weighted by Crippen LogP contribution is 2.19. The zero-order valence-corrected chi connectivity index (χ0v) is 27.1. The van der Waals surface area contributed by atoms with E-state index in [0.717, 1.165) is 5.56 Å². The Kier molecular flexibility index (Phi) is 13.3. The number of nitrogens with zero attached hydrogens (tertiary/aromatic N) is 2. The molecule has 0 saturated carbocycles. The first-order valence-corrected chi connectivity index (χ1v) is 14.7. The summed E-state index contributed by atoms with van der Waals surface area (Å²) < 4.78 is 15.2. The van der Waals surface area contributed by atoms with Crippen molar-refractivity contribution in [3.63, 3.8) is 0 Å². The molecule has 0 saturated heterocycles. The quantitative estimate of drug-likeness (QED) is 0.0829. The van der Waals surface area contributed by atoms with E-state index in [9.17, 15) is 24.0 Å². The van der Waals surface area contributed by atoms with E-state index in [1.807, 2.05) is 0 Å². The number of nitrogens with one attached hydrogen (secondary N) is 2. The third-order valence-corrected chi connectivity index (χ3v) is 6.50. The number of methoxy groups -OCH3 is 1. The molecule has 0 atom stereocenters. The van der Waals surface area contributed by atoms with Crippen molar-refractivity contribution in [1.29, 1.82) is 0 Å². The Bertz CT molecular complexity index is 1900. The number of hydrogen-bond acceptors (Lipinski definition) is 10. The lowest BCUT2D eigenvalue weighted by Gasteiger charge is -2.01. The summed E-state index contributed by atoms with van der Waals surface area (Å²) in [6.07, 6.45) is 1.28. The maximum Gasteiger partial charge on any atom is 0.356 e. The Labute approximate surface area is 278 Å². The Balaban J connectivity index is 0.000000207. The van der Waals surface area contributed by atoms with Crippen molar-refractivity contribution in [2.75, 3.05) is 26.1 Å². The maximum absolute atomic E-state index is 12.1. The molecule has 0 amide bonds. The molecule has 47 heavy (non-hydrogen) atoms. The number of esters is 3. The van der Waals surface area contributed by atoms with Crippen LogP contribution >= 0.6 is 23.2 Å². The summed E-state index contributed by atoms with van der Waals surface area (Å²) in [5.74, 6) is -1.22. The predicted octanol–water partition coefficient (Wildman–Crippen LogP) is 5.38. The van der Waals surface area contributed by atoms with Gasteiger partial charge in [0.2, 0.25) is 0 Å². The van der Waals surface area contributed by atoms with E-state index in [1.165, 1.54) is 36.0 Å². The molecule has 5 rings (SSSR count). The van der Waals surface area contributed by atoms with Gasteiger partial charge in [0.05, 0.1) is 31.6 Å². The predicted molar refractivity (Wildman–Crippen MR) is 176 cm³/mol. The van der Waals surface area contributed by atoms with Crippen molar-refractivity contribution in [2.45, 2.75) is 20.3 Å². The molecule has 0 unspecified atom stereocenters. The molecule has 0 aliphatic heterocycles. The molecule has 2 aromatic carbocycles. The van der Waals surface area contributed by atoms with Gasteiger partial charge in [0.25, 0.3) is 5.56 Å². The highest BCUT2D eigenvalue weighted by molar-refractivity contribution is 6.31. The molecule has 246 valence electrons. The molecule has 0 aliphatic rings. The minimum atomic E-state index is -0.537. The van der Waals surface area contributed by atoms with Crippen LogP contribution in [0.15, 0.2) is 77.7 Å². The number of carbonyl (C=O) groups is 4. The summed E-state index contributed by atoms with van der Waals surface area (Å²) >= 11 is 11.5. The molecule has 0 aliphatic carbocycles. The van der Waals surface area contributed by atoms with E-state index in [-0.39, 0.29) is 36.0 Å².